The molecule has 1 N–H and O–H groups in total. The van der Waals surface area contributed by atoms with E-state index in [1.807, 2.05) is 0 Å². The Balaban J connectivity index is 2.45. The average molecular weight is 263 g/mol. The molecule has 0 bridgehead atoms. The molecule has 0 fully saturated rings. The molecule has 0 aliphatic rings. The predicted molar refractivity (Wildman–Crippen MR) is 63.3 cm³/mol. The van der Waals surface area contributed by atoms with Gasteiger partial charge in [-0.05, 0) is 22.0 Å². The molecule has 1 heterocycles. The van der Waals surface area contributed by atoms with E-state index in [2.05, 4.69) is 4.98 Å². The number of imidazole rings is 1. The first-order chi connectivity index (χ1) is 9.00. The molecule has 2 rings (SSSR count). The van der Waals surface area contributed by atoms with Crippen molar-refractivity contribution in [3.63, 3.8) is 0 Å². The Morgan fingerprint density at radius 2 is 2.16 bits per heavy atom. The molecule has 0 aliphatic carbocycles. The molecular weight excluding hydrogens is 254 g/mol. The summed E-state index contributed by atoms with van der Waals surface area (Å²) in [5.41, 5.74) is -0.0852. The lowest BCUT2D eigenvalue weighted by Gasteiger charge is -2.07. The number of aromatic nitrogens is 2. The number of carboxylic acid groups (broad SMARTS) is 1. The van der Waals surface area contributed by atoms with Gasteiger partial charge in [0.25, 0.3) is 0 Å². The molecule has 0 aliphatic heterocycles. The highest BCUT2D eigenvalue weighted by Gasteiger charge is 2.24. The summed E-state index contributed by atoms with van der Waals surface area (Å²) in [5, 5.41) is 19.8. The fourth-order valence-electron chi connectivity index (χ4n) is 1.49. The molecule has 0 radical (unpaired) electrons. The van der Waals surface area contributed by atoms with Crippen LogP contribution in [0, 0.1) is 10.1 Å². The molecule has 1 aromatic heterocycles. The quantitative estimate of drug-likeness (QED) is 0.665. The van der Waals surface area contributed by atoms with E-state index in [1.165, 1.54) is 36.1 Å². The average Bonchev–Trinajstić information content (AvgIpc) is 2.72. The van der Waals surface area contributed by atoms with Crippen LogP contribution in [-0.2, 0) is 7.05 Å². The van der Waals surface area contributed by atoms with E-state index < -0.39 is 16.7 Å². The normalized spacial score (nSPS) is 10.2. The topological polar surface area (TPSA) is 107 Å². The van der Waals surface area contributed by atoms with E-state index in [0.29, 0.717) is 0 Å². The first-order valence-electron chi connectivity index (χ1n) is 5.16. The number of para-hydroxylation sites is 1. The number of hydrogen-bond donors (Lipinski definition) is 1. The third kappa shape index (κ3) is 2.37. The van der Waals surface area contributed by atoms with Crippen molar-refractivity contribution in [1.82, 2.24) is 9.55 Å². The summed E-state index contributed by atoms with van der Waals surface area (Å²) >= 11 is 0. The maximum Gasteiger partial charge on any atom is 0.427 e. The van der Waals surface area contributed by atoms with Crippen LogP contribution in [-0.4, -0.2) is 25.6 Å². The number of rotatable bonds is 4. The van der Waals surface area contributed by atoms with Crippen molar-refractivity contribution >= 4 is 11.8 Å². The molecule has 8 nitrogen and oxygen atoms in total. The summed E-state index contributed by atoms with van der Waals surface area (Å²) in [6, 6.07) is 5.87. The number of benzene rings is 1. The number of carbonyl (C=O) groups is 1. The van der Waals surface area contributed by atoms with Crippen molar-refractivity contribution in [3.8, 4) is 11.6 Å². The van der Waals surface area contributed by atoms with Crippen LogP contribution in [0.25, 0.3) is 0 Å². The van der Waals surface area contributed by atoms with Gasteiger partial charge in [-0.3, -0.25) is 4.57 Å². The number of aromatic carboxylic acids is 1. The Labute approximate surface area is 107 Å². The SMILES string of the molecule is Cn1cnc([N+](=O)[O-])c1Oc1ccccc1C(=O)O. The maximum absolute atomic E-state index is 11.0. The Morgan fingerprint density at radius 1 is 1.47 bits per heavy atom. The number of aryl methyl sites for hydroxylation is 1. The van der Waals surface area contributed by atoms with E-state index in [9.17, 15) is 14.9 Å². The van der Waals surface area contributed by atoms with Gasteiger partial charge in [0.05, 0.1) is 0 Å². The van der Waals surface area contributed by atoms with Gasteiger partial charge in [0.15, 0.2) is 0 Å². The summed E-state index contributed by atoms with van der Waals surface area (Å²) in [7, 11) is 1.51. The van der Waals surface area contributed by atoms with Crippen LogP contribution in [0.15, 0.2) is 30.6 Å². The Hall–Kier alpha value is -2.90. The van der Waals surface area contributed by atoms with Crippen molar-refractivity contribution in [3.05, 3.63) is 46.3 Å². The highest BCUT2D eigenvalue weighted by Crippen LogP contribution is 2.31. The van der Waals surface area contributed by atoms with Gasteiger partial charge < -0.3 is 20.0 Å². The number of carboxylic acids is 1. The second-order valence-corrected chi connectivity index (χ2v) is 3.64. The third-order valence-corrected chi connectivity index (χ3v) is 2.36. The van der Waals surface area contributed by atoms with Gasteiger partial charge in [0, 0.05) is 7.05 Å². The number of nitrogens with zero attached hydrogens (tertiary/aromatic N) is 3. The zero-order valence-electron chi connectivity index (χ0n) is 9.81. The van der Waals surface area contributed by atoms with Crippen LogP contribution in [0.1, 0.15) is 10.4 Å². The molecule has 98 valence electrons. The highest BCUT2D eigenvalue weighted by atomic mass is 16.6. The summed E-state index contributed by atoms with van der Waals surface area (Å²) in [5.74, 6) is -1.76. The van der Waals surface area contributed by atoms with Gasteiger partial charge >= 0.3 is 17.7 Å². The van der Waals surface area contributed by atoms with Crippen LogP contribution in [0.4, 0.5) is 5.82 Å². The Kier molecular flexibility index (Phi) is 3.15. The second kappa shape index (κ2) is 4.77. The molecular formula is C11H9N3O5. The Bertz CT molecular complexity index is 650. The van der Waals surface area contributed by atoms with Crippen molar-refractivity contribution in [2.24, 2.45) is 7.05 Å². The van der Waals surface area contributed by atoms with Gasteiger partial charge in [-0.1, -0.05) is 12.1 Å². The van der Waals surface area contributed by atoms with Gasteiger partial charge in [0.2, 0.25) is 6.33 Å². The lowest BCUT2D eigenvalue weighted by atomic mass is 10.2. The monoisotopic (exact) mass is 263 g/mol. The number of nitro groups is 1. The lowest BCUT2D eigenvalue weighted by Crippen LogP contribution is -2.02. The molecule has 1 aromatic carbocycles. The molecule has 0 saturated carbocycles. The molecule has 0 saturated heterocycles. The highest BCUT2D eigenvalue weighted by molar-refractivity contribution is 5.90. The van der Waals surface area contributed by atoms with E-state index in [-0.39, 0.29) is 17.2 Å². The molecule has 19 heavy (non-hydrogen) atoms. The van der Waals surface area contributed by atoms with Gasteiger partial charge in [0.1, 0.15) is 11.3 Å². The van der Waals surface area contributed by atoms with Crippen LogP contribution >= 0.6 is 0 Å². The van der Waals surface area contributed by atoms with Crippen LogP contribution in [0.5, 0.6) is 11.6 Å². The minimum absolute atomic E-state index is 0.0155. The molecule has 8 heteroatoms. The number of ether oxygens (including phenoxy) is 1. The van der Waals surface area contributed by atoms with E-state index >= 15 is 0 Å². The maximum atomic E-state index is 11.0. The first-order valence-corrected chi connectivity index (χ1v) is 5.16. The minimum atomic E-state index is -1.18. The van der Waals surface area contributed by atoms with Crippen molar-refractivity contribution < 1.29 is 19.6 Å². The molecule has 2 aromatic rings. The van der Waals surface area contributed by atoms with Crippen molar-refractivity contribution in [2.75, 3.05) is 0 Å². The molecule has 0 unspecified atom stereocenters. The van der Waals surface area contributed by atoms with Crippen LogP contribution in [0.2, 0.25) is 0 Å². The number of hydrogen-bond acceptors (Lipinski definition) is 5. The van der Waals surface area contributed by atoms with Crippen LogP contribution in [0.3, 0.4) is 0 Å². The second-order valence-electron chi connectivity index (χ2n) is 3.64. The Morgan fingerprint density at radius 3 is 2.79 bits per heavy atom. The van der Waals surface area contributed by atoms with Gasteiger partial charge in [-0.15, -0.1) is 0 Å². The zero-order chi connectivity index (χ0) is 14.0. The summed E-state index contributed by atoms with van der Waals surface area (Å²) < 4.78 is 6.61. The van der Waals surface area contributed by atoms with Crippen molar-refractivity contribution in [1.29, 1.82) is 0 Å². The van der Waals surface area contributed by atoms with Crippen molar-refractivity contribution in [2.45, 2.75) is 0 Å². The standard InChI is InChI=1S/C11H9N3O5/c1-13-6-12-9(14(17)18)10(13)19-8-5-3-2-4-7(8)11(15)16/h2-6H,1H3,(H,15,16). The molecule has 0 atom stereocenters. The smallest absolute Gasteiger partial charge is 0.427 e. The van der Waals surface area contributed by atoms with Gasteiger partial charge in [-0.2, -0.15) is 0 Å². The summed E-state index contributed by atoms with van der Waals surface area (Å²) in [6.45, 7) is 0. The largest absolute Gasteiger partial charge is 0.478 e. The summed E-state index contributed by atoms with van der Waals surface area (Å²) in [6.07, 6.45) is 1.22. The van der Waals surface area contributed by atoms with E-state index in [1.54, 1.807) is 6.07 Å². The first kappa shape index (κ1) is 12.6. The predicted octanol–water partition coefficient (Wildman–Crippen LogP) is 1.82. The fraction of sp³-hybridized carbons (Fsp3) is 0.0909. The van der Waals surface area contributed by atoms with E-state index in [4.69, 9.17) is 9.84 Å². The zero-order valence-corrected chi connectivity index (χ0v) is 9.81. The third-order valence-electron chi connectivity index (χ3n) is 2.36. The minimum Gasteiger partial charge on any atom is -0.478 e. The van der Waals surface area contributed by atoms with Gasteiger partial charge in [-0.25, -0.2) is 4.79 Å². The molecule has 0 amide bonds. The van der Waals surface area contributed by atoms with E-state index in [0.717, 1.165) is 0 Å². The summed E-state index contributed by atoms with van der Waals surface area (Å²) in [4.78, 5) is 24.7. The molecule has 0 spiro atoms. The van der Waals surface area contributed by atoms with Crippen LogP contribution < -0.4 is 4.74 Å². The lowest BCUT2D eigenvalue weighted by molar-refractivity contribution is -0.390. The fourth-order valence-corrected chi connectivity index (χ4v) is 1.49.